The highest BCUT2D eigenvalue weighted by Crippen LogP contribution is 2.30. The van der Waals surface area contributed by atoms with Crippen LogP contribution >= 0.6 is 23.2 Å². The molecule has 0 aliphatic rings. The summed E-state index contributed by atoms with van der Waals surface area (Å²) in [7, 11) is 1.65. The number of ether oxygens (including phenoxy) is 2. The molecule has 0 saturated carbocycles. The molecule has 0 unspecified atom stereocenters. The van der Waals surface area contributed by atoms with Crippen molar-refractivity contribution in [3.05, 3.63) is 93.5 Å². The minimum Gasteiger partial charge on any atom is -0.493 e. The highest BCUT2D eigenvalue weighted by Gasteiger charge is 2.09. The van der Waals surface area contributed by atoms with Crippen molar-refractivity contribution in [2.24, 2.45) is 0 Å². The predicted octanol–water partition coefficient (Wildman–Crippen LogP) is 6.69. The number of halogens is 2. The van der Waals surface area contributed by atoms with Gasteiger partial charge in [-0.25, -0.2) is 0 Å². The first-order valence-electron chi connectivity index (χ1n) is 10.1. The first-order chi connectivity index (χ1) is 14.5. The summed E-state index contributed by atoms with van der Waals surface area (Å²) in [6.07, 6.45) is 2.16. The van der Waals surface area contributed by atoms with Crippen LogP contribution in [0.5, 0.6) is 11.5 Å². The van der Waals surface area contributed by atoms with Crippen LogP contribution in [-0.2, 0) is 19.6 Å². The lowest BCUT2D eigenvalue weighted by Crippen LogP contribution is -2.26. The maximum absolute atomic E-state index is 6.07. The average Bonchev–Trinajstić information content (AvgIpc) is 2.78. The van der Waals surface area contributed by atoms with Crippen molar-refractivity contribution < 1.29 is 9.47 Å². The van der Waals surface area contributed by atoms with Crippen molar-refractivity contribution >= 4 is 23.2 Å². The number of hydrogen-bond acceptors (Lipinski definition) is 3. The molecule has 0 fully saturated rings. The molecule has 0 aliphatic carbocycles. The van der Waals surface area contributed by atoms with Crippen LogP contribution in [0.25, 0.3) is 0 Å². The van der Waals surface area contributed by atoms with Gasteiger partial charge in [0.05, 0.1) is 17.2 Å². The van der Waals surface area contributed by atoms with E-state index in [1.807, 2.05) is 24.3 Å². The third-order valence-electron chi connectivity index (χ3n) is 4.97. The number of hydrogen-bond donors (Lipinski definition) is 1. The monoisotopic (exact) mass is 443 g/mol. The summed E-state index contributed by atoms with van der Waals surface area (Å²) in [6, 6.07) is 22.5. The van der Waals surface area contributed by atoms with Crippen LogP contribution in [-0.4, -0.2) is 13.2 Å². The molecule has 0 radical (unpaired) electrons. The molecule has 0 amide bonds. The zero-order valence-corrected chi connectivity index (χ0v) is 18.8. The Hall–Kier alpha value is -2.20. The van der Waals surface area contributed by atoms with E-state index in [0.29, 0.717) is 34.2 Å². The van der Waals surface area contributed by atoms with Crippen molar-refractivity contribution in [2.75, 3.05) is 7.11 Å². The fourth-order valence-corrected chi connectivity index (χ4v) is 3.47. The first kappa shape index (κ1) is 22.5. The molecule has 5 heteroatoms. The molecule has 0 aliphatic heterocycles. The van der Waals surface area contributed by atoms with E-state index in [2.05, 4.69) is 48.6 Å². The number of rotatable bonds is 10. The van der Waals surface area contributed by atoms with Crippen molar-refractivity contribution in [1.82, 2.24) is 5.32 Å². The van der Waals surface area contributed by atoms with Crippen LogP contribution in [0.2, 0.25) is 10.0 Å². The zero-order chi connectivity index (χ0) is 21.3. The Morgan fingerprint density at radius 2 is 1.60 bits per heavy atom. The van der Waals surface area contributed by atoms with Crippen molar-refractivity contribution in [2.45, 2.75) is 39.0 Å². The Bertz CT molecular complexity index is 947. The van der Waals surface area contributed by atoms with Gasteiger partial charge in [0.15, 0.2) is 11.5 Å². The van der Waals surface area contributed by atoms with E-state index in [4.69, 9.17) is 32.7 Å². The van der Waals surface area contributed by atoms with Crippen LogP contribution in [0.4, 0.5) is 0 Å². The second kappa shape index (κ2) is 11.3. The topological polar surface area (TPSA) is 30.5 Å². The standard InChI is InChI=1S/C25H27Cl2NO2/c1-18(8-9-19-6-4-3-5-7-19)28-16-20-11-13-24(25(15-20)29-2)30-17-21-10-12-22(26)23(27)14-21/h3-7,10-15,18,28H,8-9,16-17H2,1-2H3/t18-/m1/s1. The lowest BCUT2D eigenvalue weighted by Gasteiger charge is -2.16. The summed E-state index contributed by atoms with van der Waals surface area (Å²) in [5.74, 6) is 1.41. The second-order valence-electron chi connectivity index (χ2n) is 7.33. The highest BCUT2D eigenvalue weighted by molar-refractivity contribution is 6.42. The molecule has 1 N–H and O–H groups in total. The second-order valence-corrected chi connectivity index (χ2v) is 8.14. The van der Waals surface area contributed by atoms with E-state index in [9.17, 15) is 0 Å². The molecule has 3 rings (SSSR count). The lowest BCUT2D eigenvalue weighted by molar-refractivity contribution is 0.284. The van der Waals surface area contributed by atoms with Crippen LogP contribution < -0.4 is 14.8 Å². The summed E-state index contributed by atoms with van der Waals surface area (Å²) >= 11 is 12.0. The van der Waals surface area contributed by atoms with Gasteiger partial charge in [-0.2, -0.15) is 0 Å². The minimum absolute atomic E-state index is 0.390. The molecule has 0 aromatic heterocycles. The van der Waals surface area contributed by atoms with E-state index in [1.54, 1.807) is 13.2 Å². The maximum atomic E-state index is 6.07. The lowest BCUT2D eigenvalue weighted by atomic mass is 10.1. The third kappa shape index (κ3) is 6.66. The highest BCUT2D eigenvalue weighted by atomic mass is 35.5. The Labute approximate surface area is 188 Å². The van der Waals surface area contributed by atoms with Gasteiger partial charge >= 0.3 is 0 Å². The summed E-state index contributed by atoms with van der Waals surface area (Å²) in [5.41, 5.74) is 3.47. The van der Waals surface area contributed by atoms with Crippen molar-refractivity contribution in [3.63, 3.8) is 0 Å². The largest absolute Gasteiger partial charge is 0.493 e. The smallest absolute Gasteiger partial charge is 0.161 e. The molecule has 3 nitrogen and oxygen atoms in total. The van der Waals surface area contributed by atoms with Gasteiger partial charge < -0.3 is 14.8 Å². The van der Waals surface area contributed by atoms with Crippen molar-refractivity contribution in [3.8, 4) is 11.5 Å². The maximum Gasteiger partial charge on any atom is 0.161 e. The van der Waals surface area contributed by atoms with Gasteiger partial charge in [0.25, 0.3) is 0 Å². The molecule has 0 spiro atoms. The van der Waals surface area contributed by atoms with Gasteiger partial charge in [0.2, 0.25) is 0 Å². The number of aryl methyl sites for hydroxylation is 1. The molecule has 3 aromatic carbocycles. The Balaban J connectivity index is 1.52. The van der Waals surface area contributed by atoms with E-state index < -0.39 is 0 Å². The molecule has 0 heterocycles. The molecule has 1 atom stereocenters. The number of methoxy groups -OCH3 is 1. The van der Waals surface area contributed by atoms with Crippen LogP contribution in [0.1, 0.15) is 30.0 Å². The molecule has 158 valence electrons. The fourth-order valence-electron chi connectivity index (χ4n) is 3.15. The van der Waals surface area contributed by atoms with E-state index in [1.165, 1.54) is 5.56 Å². The third-order valence-corrected chi connectivity index (χ3v) is 5.71. The SMILES string of the molecule is COc1cc(CN[C@H](C)CCc2ccccc2)ccc1OCc1ccc(Cl)c(Cl)c1. The predicted molar refractivity (Wildman–Crippen MR) is 125 cm³/mol. The van der Waals surface area contributed by atoms with Gasteiger partial charge in [0, 0.05) is 12.6 Å². The van der Waals surface area contributed by atoms with Gasteiger partial charge in [-0.3, -0.25) is 0 Å². The normalized spacial score (nSPS) is 11.9. The van der Waals surface area contributed by atoms with E-state index in [-0.39, 0.29) is 0 Å². The molecule has 0 saturated heterocycles. The Kier molecular flexibility index (Phi) is 8.44. The molecule has 30 heavy (non-hydrogen) atoms. The van der Waals surface area contributed by atoms with E-state index >= 15 is 0 Å². The summed E-state index contributed by atoms with van der Waals surface area (Å²) in [4.78, 5) is 0. The number of nitrogens with one attached hydrogen (secondary N) is 1. The van der Waals surface area contributed by atoms with Crippen LogP contribution in [0, 0.1) is 0 Å². The number of benzene rings is 3. The molecule has 3 aromatic rings. The molecular weight excluding hydrogens is 417 g/mol. The van der Waals surface area contributed by atoms with Crippen molar-refractivity contribution in [1.29, 1.82) is 0 Å². The van der Waals surface area contributed by atoms with Gasteiger partial charge in [-0.05, 0) is 60.7 Å². The van der Waals surface area contributed by atoms with Crippen LogP contribution in [0.3, 0.4) is 0 Å². The van der Waals surface area contributed by atoms with Gasteiger partial charge in [0.1, 0.15) is 6.61 Å². The molecular formula is C25H27Cl2NO2. The summed E-state index contributed by atoms with van der Waals surface area (Å²) in [6.45, 7) is 3.38. The fraction of sp³-hybridized carbons (Fsp3) is 0.280. The minimum atomic E-state index is 0.390. The molecule has 0 bridgehead atoms. The first-order valence-corrected chi connectivity index (χ1v) is 10.8. The van der Waals surface area contributed by atoms with Crippen LogP contribution in [0.15, 0.2) is 66.7 Å². The quantitative estimate of drug-likeness (QED) is 0.378. The average molecular weight is 444 g/mol. The van der Waals surface area contributed by atoms with Gasteiger partial charge in [-0.1, -0.05) is 65.7 Å². The Morgan fingerprint density at radius 3 is 2.33 bits per heavy atom. The Morgan fingerprint density at radius 1 is 0.833 bits per heavy atom. The van der Waals surface area contributed by atoms with Gasteiger partial charge in [-0.15, -0.1) is 0 Å². The van der Waals surface area contributed by atoms with E-state index in [0.717, 1.165) is 30.5 Å². The summed E-state index contributed by atoms with van der Waals surface area (Å²) in [5, 5.41) is 4.64. The summed E-state index contributed by atoms with van der Waals surface area (Å²) < 4.78 is 11.5. The zero-order valence-electron chi connectivity index (χ0n) is 17.3.